The second-order valence-corrected chi connectivity index (χ2v) is 5.62. The van der Waals surface area contributed by atoms with Crippen molar-refractivity contribution in [2.24, 2.45) is 5.92 Å². The van der Waals surface area contributed by atoms with E-state index in [1.807, 2.05) is 18.5 Å². The van der Waals surface area contributed by atoms with Crippen molar-refractivity contribution in [3.05, 3.63) is 30.1 Å². The smallest absolute Gasteiger partial charge is 0.0300 e. The maximum absolute atomic E-state index is 4.18. The van der Waals surface area contributed by atoms with Crippen molar-refractivity contribution in [2.75, 3.05) is 26.2 Å². The topological polar surface area (TPSA) is 28.2 Å². The Balaban J connectivity index is 1.83. The van der Waals surface area contributed by atoms with Gasteiger partial charge < -0.3 is 10.2 Å². The molecule has 2 atom stereocenters. The van der Waals surface area contributed by atoms with E-state index >= 15 is 0 Å². The summed E-state index contributed by atoms with van der Waals surface area (Å²) in [6, 6.07) is 4.84. The van der Waals surface area contributed by atoms with Gasteiger partial charge in [-0.25, -0.2) is 0 Å². The van der Waals surface area contributed by atoms with Crippen molar-refractivity contribution >= 4 is 0 Å². The lowest BCUT2D eigenvalue weighted by Crippen LogP contribution is -2.43. The van der Waals surface area contributed by atoms with Gasteiger partial charge in [0.2, 0.25) is 0 Å². The van der Waals surface area contributed by atoms with Gasteiger partial charge in [0, 0.05) is 31.5 Å². The molecule has 0 amide bonds. The Morgan fingerprint density at radius 1 is 1.44 bits per heavy atom. The van der Waals surface area contributed by atoms with Gasteiger partial charge >= 0.3 is 0 Å². The summed E-state index contributed by atoms with van der Waals surface area (Å²) >= 11 is 0. The molecule has 18 heavy (non-hydrogen) atoms. The van der Waals surface area contributed by atoms with Crippen LogP contribution in [0.15, 0.2) is 24.5 Å². The predicted molar refractivity (Wildman–Crippen MR) is 75.6 cm³/mol. The molecule has 3 nitrogen and oxygen atoms in total. The van der Waals surface area contributed by atoms with Crippen LogP contribution in [0.3, 0.4) is 0 Å². The Morgan fingerprint density at radius 3 is 3.11 bits per heavy atom. The molecule has 1 N–H and O–H groups in total. The van der Waals surface area contributed by atoms with Crippen LogP contribution in [0.1, 0.15) is 25.8 Å². The SMILES string of the molecule is CC1CNC(C)CCN(CCc2cccnc2)C1. The Labute approximate surface area is 111 Å². The van der Waals surface area contributed by atoms with Gasteiger partial charge in [0.05, 0.1) is 0 Å². The fourth-order valence-corrected chi connectivity index (χ4v) is 2.51. The van der Waals surface area contributed by atoms with E-state index < -0.39 is 0 Å². The maximum atomic E-state index is 4.18. The first-order valence-electron chi connectivity index (χ1n) is 7.08. The Hall–Kier alpha value is -0.930. The number of aromatic nitrogens is 1. The van der Waals surface area contributed by atoms with E-state index in [2.05, 4.69) is 35.1 Å². The van der Waals surface area contributed by atoms with Gasteiger partial charge in [-0.3, -0.25) is 4.98 Å². The van der Waals surface area contributed by atoms with Crippen LogP contribution in [0.25, 0.3) is 0 Å². The highest BCUT2D eigenvalue weighted by atomic mass is 15.1. The zero-order valence-corrected chi connectivity index (χ0v) is 11.6. The summed E-state index contributed by atoms with van der Waals surface area (Å²) in [5.41, 5.74) is 1.35. The van der Waals surface area contributed by atoms with Crippen molar-refractivity contribution in [2.45, 2.75) is 32.7 Å². The molecule has 1 aromatic heterocycles. The molecule has 0 saturated carbocycles. The zero-order valence-electron chi connectivity index (χ0n) is 11.6. The minimum atomic E-state index is 0.647. The fourth-order valence-electron chi connectivity index (χ4n) is 2.51. The van der Waals surface area contributed by atoms with E-state index in [4.69, 9.17) is 0 Å². The van der Waals surface area contributed by atoms with Crippen LogP contribution in [-0.2, 0) is 6.42 Å². The minimum Gasteiger partial charge on any atom is -0.314 e. The molecule has 1 fully saturated rings. The highest BCUT2D eigenvalue weighted by Gasteiger charge is 2.15. The van der Waals surface area contributed by atoms with E-state index in [0.717, 1.165) is 25.4 Å². The second kappa shape index (κ2) is 6.86. The molecule has 1 aromatic rings. The maximum Gasteiger partial charge on any atom is 0.0300 e. The van der Waals surface area contributed by atoms with Gasteiger partial charge in [-0.15, -0.1) is 0 Å². The molecule has 0 aliphatic carbocycles. The number of rotatable bonds is 3. The van der Waals surface area contributed by atoms with Crippen LogP contribution in [0.5, 0.6) is 0 Å². The summed E-state index contributed by atoms with van der Waals surface area (Å²) in [6.45, 7) is 9.34. The number of nitrogens with zero attached hydrogens (tertiary/aromatic N) is 2. The number of pyridine rings is 1. The van der Waals surface area contributed by atoms with Gasteiger partial charge in [0.1, 0.15) is 0 Å². The first kappa shape index (κ1) is 13.5. The average molecular weight is 247 g/mol. The van der Waals surface area contributed by atoms with E-state index in [9.17, 15) is 0 Å². The van der Waals surface area contributed by atoms with Gasteiger partial charge in [-0.05, 0) is 50.4 Å². The third-order valence-electron chi connectivity index (χ3n) is 3.70. The summed E-state index contributed by atoms with van der Waals surface area (Å²) < 4.78 is 0. The van der Waals surface area contributed by atoms with E-state index in [1.165, 1.54) is 25.1 Å². The van der Waals surface area contributed by atoms with E-state index in [-0.39, 0.29) is 0 Å². The standard InChI is InChI=1S/C15H25N3/c1-13-10-17-14(2)5-8-18(12-13)9-6-15-4-3-7-16-11-15/h3-4,7,11,13-14,17H,5-6,8-10,12H2,1-2H3. The largest absolute Gasteiger partial charge is 0.314 e. The Morgan fingerprint density at radius 2 is 2.33 bits per heavy atom. The fraction of sp³-hybridized carbons (Fsp3) is 0.667. The predicted octanol–water partition coefficient (Wildman–Crippen LogP) is 1.94. The number of hydrogen-bond donors (Lipinski definition) is 1. The van der Waals surface area contributed by atoms with Gasteiger partial charge in [0.25, 0.3) is 0 Å². The number of nitrogens with one attached hydrogen (secondary N) is 1. The molecule has 2 heterocycles. The summed E-state index contributed by atoms with van der Waals surface area (Å²) in [7, 11) is 0. The molecule has 1 aliphatic rings. The lowest BCUT2D eigenvalue weighted by molar-refractivity contribution is 0.204. The highest BCUT2D eigenvalue weighted by molar-refractivity contribution is 5.08. The second-order valence-electron chi connectivity index (χ2n) is 5.62. The normalized spacial score (nSPS) is 26.6. The van der Waals surface area contributed by atoms with Crippen molar-refractivity contribution in [3.63, 3.8) is 0 Å². The molecular formula is C15H25N3. The van der Waals surface area contributed by atoms with Gasteiger partial charge in [0.15, 0.2) is 0 Å². The molecule has 1 aliphatic heterocycles. The van der Waals surface area contributed by atoms with Crippen LogP contribution in [0, 0.1) is 5.92 Å². The monoisotopic (exact) mass is 247 g/mol. The number of hydrogen-bond acceptors (Lipinski definition) is 3. The molecule has 0 radical (unpaired) electrons. The van der Waals surface area contributed by atoms with Crippen molar-refractivity contribution in [1.29, 1.82) is 0 Å². The van der Waals surface area contributed by atoms with Crippen LogP contribution in [-0.4, -0.2) is 42.1 Å². The first-order chi connectivity index (χ1) is 8.74. The molecule has 2 rings (SSSR count). The summed E-state index contributed by atoms with van der Waals surface area (Å²) in [4.78, 5) is 6.79. The quantitative estimate of drug-likeness (QED) is 0.885. The molecule has 0 spiro atoms. The van der Waals surface area contributed by atoms with E-state index in [0.29, 0.717) is 6.04 Å². The first-order valence-corrected chi connectivity index (χ1v) is 7.08. The third kappa shape index (κ3) is 4.39. The molecule has 2 unspecified atom stereocenters. The lowest BCUT2D eigenvalue weighted by atomic mass is 10.1. The Kier molecular flexibility index (Phi) is 5.14. The van der Waals surface area contributed by atoms with Crippen molar-refractivity contribution < 1.29 is 0 Å². The summed E-state index contributed by atoms with van der Waals surface area (Å²) in [5.74, 6) is 0.738. The molecular weight excluding hydrogens is 222 g/mol. The van der Waals surface area contributed by atoms with Gasteiger partial charge in [-0.2, -0.15) is 0 Å². The van der Waals surface area contributed by atoms with Crippen LogP contribution in [0.2, 0.25) is 0 Å². The lowest BCUT2D eigenvalue weighted by Gasteiger charge is -2.31. The molecule has 100 valence electrons. The van der Waals surface area contributed by atoms with Crippen LogP contribution < -0.4 is 5.32 Å². The van der Waals surface area contributed by atoms with Crippen LogP contribution in [0.4, 0.5) is 0 Å². The highest BCUT2D eigenvalue weighted by Crippen LogP contribution is 2.08. The minimum absolute atomic E-state index is 0.647. The molecule has 0 bridgehead atoms. The Bertz CT molecular complexity index is 339. The summed E-state index contributed by atoms with van der Waals surface area (Å²) in [6.07, 6.45) is 6.19. The zero-order chi connectivity index (χ0) is 12.8. The van der Waals surface area contributed by atoms with Crippen molar-refractivity contribution in [1.82, 2.24) is 15.2 Å². The van der Waals surface area contributed by atoms with E-state index in [1.54, 1.807) is 0 Å². The molecule has 0 aromatic carbocycles. The van der Waals surface area contributed by atoms with Crippen LogP contribution >= 0.6 is 0 Å². The van der Waals surface area contributed by atoms with Gasteiger partial charge in [-0.1, -0.05) is 13.0 Å². The average Bonchev–Trinajstić information content (AvgIpc) is 2.39. The molecule has 3 heteroatoms. The molecule has 1 saturated heterocycles. The summed E-state index contributed by atoms with van der Waals surface area (Å²) in [5, 5.41) is 3.59. The van der Waals surface area contributed by atoms with Crippen molar-refractivity contribution in [3.8, 4) is 0 Å². The third-order valence-corrected chi connectivity index (χ3v) is 3.70.